The molecule has 0 aromatic rings. The third-order valence-corrected chi connectivity index (χ3v) is 18.2. The number of hydrogen-bond donors (Lipinski definition) is 0. The number of allylic oxidation sites excluding steroid dienone is 6. The highest BCUT2D eigenvalue weighted by Crippen LogP contribution is 2.64. The van der Waals surface area contributed by atoms with Crippen molar-refractivity contribution in [2.24, 2.45) is 11.3 Å². The van der Waals surface area contributed by atoms with Crippen molar-refractivity contribution < 1.29 is 4.74 Å². The molecule has 31 heavy (non-hydrogen) atoms. The lowest BCUT2D eigenvalue weighted by Crippen LogP contribution is -2.58. The Hall–Kier alpha value is -0.646. The molecule has 0 bridgehead atoms. The molecule has 176 valence electrons. The van der Waals surface area contributed by atoms with Crippen LogP contribution in [-0.4, -0.2) is 30.8 Å². The van der Waals surface area contributed by atoms with Crippen LogP contribution >= 0.6 is 0 Å². The standard InChI is InChI=1S/C28H50OSi2/c1-15-31(16-2,25-19(5)17(3)18(4)20(25)6)28(12)22(8)21(7)24(30-14)23(26(28)29-13)27(9,10)11/h19,26H,15-16,30H2,1-14H3. The zero-order valence-corrected chi connectivity index (χ0v) is 25.6. The Morgan fingerprint density at radius 2 is 1.48 bits per heavy atom. The van der Waals surface area contributed by atoms with Crippen LogP contribution in [0.25, 0.3) is 0 Å². The number of hydrogen-bond acceptors (Lipinski definition) is 1. The summed E-state index contributed by atoms with van der Waals surface area (Å²) in [5.41, 5.74) is 9.68. The minimum Gasteiger partial charge on any atom is -0.376 e. The van der Waals surface area contributed by atoms with Gasteiger partial charge in [0.1, 0.15) is 0 Å². The molecule has 0 radical (unpaired) electrons. The van der Waals surface area contributed by atoms with Crippen LogP contribution in [0, 0.1) is 11.3 Å². The van der Waals surface area contributed by atoms with Crippen molar-refractivity contribution in [1.82, 2.24) is 0 Å². The zero-order valence-electron chi connectivity index (χ0n) is 23.2. The molecule has 0 saturated heterocycles. The van der Waals surface area contributed by atoms with Gasteiger partial charge in [-0.25, -0.2) is 0 Å². The van der Waals surface area contributed by atoms with Gasteiger partial charge in [0.05, 0.1) is 23.7 Å². The smallest absolute Gasteiger partial charge is 0.0955 e. The van der Waals surface area contributed by atoms with E-state index in [4.69, 9.17) is 4.74 Å². The molecule has 0 fully saturated rings. The normalized spacial score (nSPS) is 28.8. The fourth-order valence-corrected chi connectivity index (χ4v) is 16.3. The summed E-state index contributed by atoms with van der Waals surface area (Å²) in [7, 11) is -0.280. The predicted octanol–water partition coefficient (Wildman–Crippen LogP) is 7.96. The highest BCUT2D eigenvalue weighted by Gasteiger charge is 2.60. The molecule has 3 heteroatoms. The highest BCUT2D eigenvalue weighted by atomic mass is 28.3. The van der Waals surface area contributed by atoms with Gasteiger partial charge in [0.15, 0.2) is 0 Å². The molecule has 0 heterocycles. The topological polar surface area (TPSA) is 9.23 Å². The molecule has 1 nitrogen and oxygen atoms in total. The van der Waals surface area contributed by atoms with E-state index in [1.165, 1.54) is 12.1 Å². The molecule has 0 aromatic heterocycles. The molecule has 0 N–H and O–H groups in total. The van der Waals surface area contributed by atoms with E-state index < -0.39 is 8.07 Å². The number of rotatable bonds is 6. The second-order valence-corrected chi connectivity index (χ2v) is 18.0. The van der Waals surface area contributed by atoms with Crippen molar-refractivity contribution in [1.29, 1.82) is 0 Å². The van der Waals surface area contributed by atoms with Crippen LogP contribution < -0.4 is 0 Å². The fourth-order valence-electron chi connectivity index (χ4n) is 7.51. The lowest BCUT2D eigenvalue weighted by atomic mass is 9.72. The first kappa shape index (κ1) is 26.6. The Bertz CT molecular complexity index is 858. The molecular formula is C28H50OSi2. The van der Waals surface area contributed by atoms with E-state index in [1.54, 1.807) is 38.6 Å². The number of methoxy groups -OCH3 is 1. The van der Waals surface area contributed by atoms with Crippen molar-refractivity contribution >= 4 is 17.6 Å². The summed E-state index contributed by atoms with van der Waals surface area (Å²) in [6, 6.07) is 2.55. The largest absolute Gasteiger partial charge is 0.376 e. The predicted molar refractivity (Wildman–Crippen MR) is 145 cm³/mol. The van der Waals surface area contributed by atoms with Gasteiger partial charge in [0.2, 0.25) is 0 Å². The van der Waals surface area contributed by atoms with Crippen LogP contribution in [0.1, 0.15) is 83.1 Å². The molecule has 0 amide bonds. The summed E-state index contributed by atoms with van der Waals surface area (Å²) < 4.78 is 6.62. The maximum absolute atomic E-state index is 6.62. The molecule has 3 atom stereocenters. The van der Waals surface area contributed by atoms with E-state index in [-0.39, 0.29) is 26.1 Å². The molecule has 2 aliphatic rings. The van der Waals surface area contributed by atoms with Crippen molar-refractivity contribution in [2.75, 3.05) is 7.11 Å². The molecule has 3 unspecified atom stereocenters. The summed E-state index contributed by atoms with van der Waals surface area (Å²) in [6.45, 7) is 31.8. The average Bonchev–Trinajstić information content (AvgIpc) is 2.90. The van der Waals surface area contributed by atoms with E-state index >= 15 is 0 Å². The van der Waals surface area contributed by atoms with Crippen molar-refractivity contribution in [3.05, 3.63) is 43.8 Å². The average molecular weight is 459 g/mol. The van der Waals surface area contributed by atoms with E-state index in [9.17, 15) is 0 Å². The van der Waals surface area contributed by atoms with Gasteiger partial charge in [-0.2, -0.15) is 0 Å². The van der Waals surface area contributed by atoms with E-state index in [1.807, 2.05) is 12.3 Å². The Morgan fingerprint density at radius 1 is 0.968 bits per heavy atom. The summed E-state index contributed by atoms with van der Waals surface area (Å²) in [5, 5.41) is 3.57. The van der Waals surface area contributed by atoms with Crippen molar-refractivity contribution in [2.45, 2.75) is 113 Å². The Kier molecular flexibility index (Phi) is 7.68. The summed E-state index contributed by atoms with van der Waals surface area (Å²) in [4.78, 5) is 0. The van der Waals surface area contributed by atoms with Crippen LogP contribution in [0.5, 0.6) is 0 Å². The molecule has 2 aliphatic carbocycles. The fraction of sp³-hybridized carbons (Fsp3) is 0.714. The Morgan fingerprint density at radius 3 is 1.81 bits per heavy atom. The molecular weight excluding hydrogens is 408 g/mol. The van der Waals surface area contributed by atoms with Crippen LogP contribution in [-0.2, 0) is 4.74 Å². The van der Waals surface area contributed by atoms with E-state index in [2.05, 4.69) is 89.6 Å². The summed E-state index contributed by atoms with van der Waals surface area (Å²) >= 11 is 0. The third-order valence-electron chi connectivity index (χ3n) is 9.66. The van der Waals surface area contributed by atoms with Crippen LogP contribution in [0.4, 0.5) is 0 Å². The SMILES string of the molecule is CC[Si](CC)(C1=C(C)C(C)=C(C)C1C)C1(C)C(C)=C(C)C([SiH2]C)=C(C(C)(C)C)C1OC. The number of ether oxygens (including phenoxy) is 1. The van der Waals surface area contributed by atoms with Crippen molar-refractivity contribution in [3.63, 3.8) is 0 Å². The van der Waals surface area contributed by atoms with Gasteiger partial charge < -0.3 is 4.74 Å². The molecule has 0 aliphatic heterocycles. The third kappa shape index (κ3) is 3.58. The molecule has 2 rings (SSSR count). The molecule has 0 saturated carbocycles. The first-order valence-corrected chi connectivity index (χ1v) is 17.1. The van der Waals surface area contributed by atoms with Gasteiger partial charge in [-0.15, -0.1) is 0 Å². The Balaban J connectivity index is 2.98. The second kappa shape index (κ2) is 8.95. The second-order valence-electron chi connectivity index (χ2n) is 11.4. The van der Waals surface area contributed by atoms with E-state index in [0.29, 0.717) is 5.92 Å². The van der Waals surface area contributed by atoms with Gasteiger partial charge in [-0.3, -0.25) is 0 Å². The summed E-state index contributed by atoms with van der Waals surface area (Å²) in [5.74, 6) is 0.568. The van der Waals surface area contributed by atoms with Crippen molar-refractivity contribution in [3.8, 4) is 0 Å². The Labute approximate surface area is 197 Å². The first-order valence-electron chi connectivity index (χ1n) is 12.6. The minimum absolute atomic E-state index is 0.0702. The van der Waals surface area contributed by atoms with Gasteiger partial charge in [0, 0.05) is 12.1 Å². The van der Waals surface area contributed by atoms with E-state index in [0.717, 1.165) is 0 Å². The van der Waals surface area contributed by atoms with Gasteiger partial charge in [-0.05, 0) is 57.1 Å². The van der Waals surface area contributed by atoms with Crippen LogP contribution in [0.2, 0.25) is 23.7 Å². The first-order chi connectivity index (χ1) is 14.2. The lowest BCUT2D eigenvalue weighted by Gasteiger charge is -2.58. The zero-order chi connectivity index (χ0) is 24.1. The lowest BCUT2D eigenvalue weighted by molar-refractivity contribution is 0.0840. The molecule has 0 aromatic carbocycles. The van der Waals surface area contributed by atoms with Gasteiger partial charge >= 0.3 is 0 Å². The van der Waals surface area contributed by atoms with Gasteiger partial charge in [-0.1, -0.05) is 99.8 Å². The quantitative estimate of drug-likeness (QED) is 0.367. The monoisotopic (exact) mass is 458 g/mol. The maximum atomic E-state index is 6.62. The summed E-state index contributed by atoms with van der Waals surface area (Å²) in [6.07, 6.45) is 0.180. The highest BCUT2D eigenvalue weighted by molar-refractivity contribution is 6.90. The van der Waals surface area contributed by atoms with Crippen LogP contribution in [0.15, 0.2) is 43.8 Å². The van der Waals surface area contributed by atoms with Gasteiger partial charge in [0.25, 0.3) is 0 Å². The minimum atomic E-state index is -1.96. The molecule has 0 spiro atoms. The van der Waals surface area contributed by atoms with Crippen LogP contribution in [0.3, 0.4) is 0 Å². The maximum Gasteiger partial charge on any atom is 0.0955 e.